The van der Waals surface area contributed by atoms with Crippen molar-refractivity contribution < 1.29 is 4.79 Å². The molecule has 0 amide bonds. The third-order valence-electron chi connectivity index (χ3n) is 4.90. The average Bonchev–Trinajstić information content (AvgIpc) is 2.37. The van der Waals surface area contributed by atoms with Crippen molar-refractivity contribution in [2.75, 3.05) is 0 Å². The maximum absolute atomic E-state index is 12.9. The highest BCUT2D eigenvalue weighted by Crippen LogP contribution is 2.59. The number of carbonyl (C=O) groups excluding carboxylic acids is 1. The molecule has 2 atom stereocenters. The van der Waals surface area contributed by atoms with Gasteiger partial charge in [-0.3, -0.25) is 4.79 Å². The number of hydrogen-bond donors (Lipinski definition) is 0. The molecule has 1 nitrogen and oxygen atoms in total. The van der Waals surface area contributed by atoms with Crippen molar-refractivity contribution in [1.29, 1.82) is 0 Å². The molecular formula is C18H20O. The van der Waals surface area contributed by atoms with Gasteiger partial charge in [-0.25, -0.2) is 0 Å². The zero-order chi connectivity index (χ0) is 13.8. The van der Waals surface area contributed by atoms with Crippen LogP contribution in [0, 0.1) is 16.7 Å². The van der Waals surface area contributed by atoms with Gasteiger partial charge in [0.15, 0.2) is 0 Å². The summed E-state index contributed by atoms with van der Waals surface area (Å²) in [5, 5.41) is 0. The van der Waals surface area contributed by atoms with Crippen molar-refractivity contribution in [2.45, 2.75) is 27.2 Å². The zero-order valence-corrected chi connectivity index (χ0v) is 11.9. The Balaban J connectivity index is 2.22. The smallest absolute Gasteiger partial charge is 0.149 e. The van der Waals surface area contributed by atoms with Crippen molar-refractivity contribution in [3.05, 3.63) is 54.1 Å². The van der Waals surface area contributed by atoms with Gasteiger partial charge in [0.25, 0.3) is 0 Å². The lowest BCUT2D eigenvalue weighted by molar-refractivity contribution is -0.138. The molecule has 0 aliphatic heterocycles. The van der Waals surface area contributed by atoms with Crippen LogP contribution in [-0.2, 0) is 4.79 Å². The van der Waals surface area contributed by atoms with Gasteiger partial charge in [-0.2, -0.15) is 0 Å². The van der Waals surface area contributed by atoms with Gasteiger partial charge in [0.2, 0.25) is 0 Å². The third-order valence-corrected chi connectivity index (χ3v) is 4.90. The molecule has 2 bridgehead atoms. The van der Waals surface area contributed by atoms with Crippen molar-refractivity contribution >= 4 is 11.4 Å². The first kappa shape index (κ1) is 12.4. The molecule has 0 aromatic heterocycles. The molecule has 0 saturated heterocycles. The number of allylic oxidation sites excluding steroid dienone is 3. The van der Waals surface area contributed by atoms with Crippen LogP contribution in [0.2, 0.25) is 0 Å². The fourth-order valence-electron chi connectivity index (χ4n) is 3.93. The van der Waals surface area contributed by atoms with Crippen LogP contribution in [0.1, 0.15) is 32.8 Å². The topological polar surface area (TPSA) is 17.1 Å². The van der Waals surface area contributed by atoms with E-state index in [1.54, 1.807) is 0 Å². The Hall–Kier alpha value is -1.63. The summed E-state index contributed by atoms with van der Waals surface area (Å²) >= 11 is 0. The lowest BCUT2D eigenvalue weighted by atomic mass is 9.49. The van der Waals surface area contributed by atoms with E-state index in [0.29, 0.717) is 5.78 Å². The van der Waals surface area contributed by atoms with Crippen LogP contribution in [0.5, 0.6) is 0 Å². The van der Waals surface area contributed by atoms with Crippen molar-refractivity contribution in [1.82, 2.24) is 0 Å². The number of Topliss-reactive ketones (excluding diaryl/α,β-unsaturated/α-hetero) is 1. The summed E-state index contributed by atoms with van der Waals surface area (Å²) in [4.78, 5) is 12.9. The van der Waals surface area contributed by atoms with Gasteiger partial charge >= 0.3 is 0 Å². The Morgan fingerprint density at radius 2 is 1.79 bits per heavy atom. The summed E-state index contributed by atoms with van der Waals surface area (Å²) in [6, 6.07) is 10.3. The first-order valence-corrected chi connectivity index (χ1v) is 6.87. The third kappa shape index (κ3) is 1.51. The fourth-order valence-corrected chi connectivity index (χ4v) is 3.93. The second-order valence-electron chi connectivity index (χ2n) is 6.64. The van der Waals surface area contributed by atoms with E-state index in [9.17, 15) is 4.79 Å². The number of fused-ring (bicyclic) bond motifs is 2. The summed E-state index contributed by atoms with van der Waals surface area (Å²) in [5.41, 5.74) is 2.84. The standard InChI is InChI=1S/C18H20O/c1-12-11-18(4)15(13-8-6-5-7-9-13)10-14(12)17(2,3)16(18)19/h5-10,14H,1,11H2,2-4H3/t14-,18-/m0/s1. The highest BCUT2D eigenvalue weighted by Gasteiger charge is 2.56. The van der Waals surface area contributed by atoms with E-state index < -0.39 is 5.41 Å². The molecule has 0 N–H and O–H groups in total. The van der Waals surface area contributed by atoms with Gasteiger partial charge in [-0.15, -0.1) is 0 Å². The lowest BCUT2D eigenvalue weighted by Crippen LogP contribution is -2.52. The molecule has 1 aromatic rings. The van der Waals surface area contributed by atoms with E-state index in [2.05, 4.69) is 45.6 Å². The quantitative estimate of drug-likeness (QED) is 0.682. The number of carbonyl (C=O) groups is 1. The minimum absolute atomic E-state index is 0.178. The summed E-state index contributed by atoms with van der Waals surface area (Å²) < 4.78 is 0. The van der Waals surface area contributed by atoms with E-state index >= 15 is 0 Å². The number of rotatable bonds is 1. The monoisotopic (exact) mass is 252 g/mol. The first-order valence-electron chi connectivity index (χ1n) is 6.87. The second kappa shape index (κ2) is 3.69. The molecule has 0 unspecified atom stereocenters. The van der Waals surface area contributed by atoms with Crippen molar-refractivity contribution in [3.8, 4) is 0 Å². The Morgan fingerprint density at radius 3 is 2.42 bits per heavy atom. The predicted octanol–water partition coefficient (Wildman–Crippen LogP) is 4.26. The molecule has 0 spiro atoms. The van der Waals surface area contributed by atoms with Crippen LogP contribution in [0.4, 0.5) is 0 Å². The minimum Gasteiger partial charge on any atom is -0.298 e. The summed E-state index contributed by atoms with van der Waals surface area (Å²) in [7, 11) is 0. The molecule has 1 heteroatoms. The lowest BCUT2D eigenvalue weighted by Gasteiger charge is -2.52. The molecule has 1 saturated carbocycles. The first-order chi connectivity index (χ1) is 8.87. The van der Waals surface area contributed by atoms with E-state index in [-0.39, 0.29) is 11.3 Å². The highest BCUT2D eigenvalue weighted by atomic mass is 16.1. The normalized spacial score (nSPS) is 32.4. The molecule has 0 heterocycles. The van der Waals surface area contributed by atoms with Gasteiger partial charge < -0.3 is 0 Å². The number of benzene rings is 1. The molecule has 3 aliphatic rings. The zero-order valence-electron chi connectivity index (χ0n) is 11.9. The van der Waals surface area contributed by atoms with E-state index in [4.69, 9.17) is 0 Å². The van der Waals surface area contributed by atoms with Gasteiger partial charge in [-0.05, 0) is 24.5 Å². The summed E-state index contributed by atoms with van der Waals surface area (Å²) in [6.45, 7) is 10.4. The average molecular weight is 252 g/mol. The van der Waals surface area contributed by atoms with Crippen LogP contribution in [-0.4, -0.2) is 5.78 Å². The van der Waals surface area contributed by atoms with Crippen LogP contribution < -0.4 is 0 Å². The van der Waals surface area contributed by atoms with Crippen molar-refractivity contribution in [3.63, 3.8) is 0 Å². The SMILES string of the molecule is C=C1C[C@]2(C)C(=O)C(C)(C)[C@H]1C=C2c1ccccc1. The Bertz CT molecular complexity index is 591. The summed E-state index contributed by atoms with van der Waals surface area (Å²) in [6.07, 6.45) is 3.07. The van der Waals surface area contributed by atoms with Crippen LogP contribution in [0.25, 0.3) is 5.57 Å². The minimum atomic E-state index is -0.406. The summed E-state index contributed by atoms with van der Waals surface area (Å²) in [5.74, 6) is 0.538. The molecule has 3 aliphatic carbocycles. The predicted molar refractivity (Wildman–Crippen MR) is 78.6 cm³/mol. The number of hydrogen-bond acceptors (Lipinski definition) is 1. The van der Waals surface area contributed by atoms with Gasteiger partial charge in [-0.1, -0.05) is 62.4 Å². The molecule has 1 fully saturated rings. The van der Waals surface area contributed by atoms with E-state index in [1.165, 1.54) is 16.7 Å². The molecular weight excluding hydrogens is 232 g/mol. The van der Waals surface area contributed by atoms with Gasteiger partial charge in [0.1, 0.15) is 5.78 Å². The Labute approximate surface area is 115 Å². The van der Waals surface area contributed by atoms with Gasteiger partial charge in [0, 0.05) is 11.3 Å². The Morgan fingerprint density at radius 1 is 1.16 bits per heavy atom. The maximum atomic E-state index is 12.9. The molecule has 1 aromatic carbocycles. The van der Waals surface area contributed by atoms with Crippen molar-refractivity contribution in [2.24, 2.45) is 16.7 Å². The van der Waals surface area contributed by atoms with Crippen LogP contribution >= 0.6 is 0 Å². The molecule has 19 heavy (non-hydrogen) atoms. The second-order valence-corrected chi connectivity index (χ2v) is 6.64. The fraction of sp³-hybridized carbons (Fsp3) is 0.389. The van der Waals surface area contributed by atoms with E-state index in [0.717, 1.165) is 6.42 Å². The van der Waals surface area contributed by atoms with Crippen LogP contribution in [0.3, 0.4) is 0 Å². The number of ketones is 1. The molecule has 4 rings (SSSR count). The molecule has 0 radical (unpaired) electrons. The largest absolute Gasteiger partial charge is 0.298 e. The Kier molecular flexibility index (Phi) is 2.41. The highest BCUT2D eigenvalue weighted by molar-refractivity contribution is 6.05. The maximum Gasteiger partial charge on any atom is 0.149 e. The van der Waals surface area contributed by atoms with Crippen LogP contribution in [0.15, 0.2) is 48.6 Å². The molecule has 98 valence electrons. The van der Waals surface area contributed by atoms with E-state index in [1.807, 2.05) is 18.2 Å². The van der Waals surface area contributed by atoms with Gasteiger partial charge in [0.05, 0.1) is 5.41 Å².